The number of nitrogens with one attached hydrogen (secondary N) is 1. The highest BCUT2D eigenvalue weighted by atomic mass is 35.5. The van der Waals surface area contributed by atoms with Crippen LogP contribution >= 0.6 is 11.6 Å². The fraction of sp³-hybridized carbons (Fsp3) is 0. The van der Waals surface area contributed by atoms with Crippen LogP contribution in [-0.2, 0) is 0 Å². The number of H-pyrrole nitrogens is 1. The molecular formula is C9H5ClNO2-. The van der Waals surface area contributed by atoms with E-state index in [1.54, 1.807) is 18.2 Å². The van der Waals surface area contributed by atoms with Crippen molar-refractivity contribution in [3.63, 3.8) is 0 Å². The van der Waals surface area contributed by atoms with Crippen molar-refractivity contribution < 1.29 is 9.90 Å². The lowest BCUT2D eigenvalue weighted by atomic mass is 10.2. The summed E-state index contributed by atoms with van der Waals surface area (Å²) in [6.07, 6.45) is 0. The minimum atomic E-state index is -1.22. The zero-order chi connectivity index (χ0) is 9.42. The van der Waals surface area contributed by atoms with Gasteiger partial charge < -0.3 is 14.9 Å². The Morgan fingerprint density at radius 2 is 2.15 bits per heavy atom. The van der Waals surface area contributed by atoms with Gasteiger partial charge in [0, 0.05) is 15.9 Å². The quantitative estimate of drug-likeness (QED) is 0.741. The lowest BCUT2D eigenvalue weighted by Gasteiger charge is -1.93. The Hall–Kier alpha value is -1.48. The fourth-order valence-corrected chi connectivity index (χ4v) is 1.39. The van der Waals surface area contributed by atoms with Gasteiger partial charge in [0.2, 0.25) is 0 Å². The van der Waals surface area contributed by atoms with Gasteiger partial charge in [-0.2, -0.15) is 0 Å². The molecule has 2 aromatic rings. The van der Waals surface area contributed by atoms with Crippen LogP contribution in [0, 0.1) is 0 Å². The van der Waals surface area contributed by atoms with Crippen LogP contribution in [0.15, 0.2) is 24.3 Å². The first-order valence-corrected chi connectivity index (χ1v) is 4.04. The van der Waals surface area contributed by atoms with Crippen molar-refractivity contribution in [1.29, 1.82) is 0 Å². The van der Waals surface area contributed by atoms with Crippen LogP contribution in [0.5, 0.6) is 0 Å². The molecule has 13 heavy (non-hydrogen) atoms. The second-order valence-corrected chi connectivity index (χ2v) is 3.14. The lowest BCUT2D eigenvalue weighted by molar-refractivity contribution is -0.255. The number of hydrogen-bond acceptors (Lipinski definition) is 2. The molecule has 0 unspecified atom stereocenters. The predicted molar refractivity (Wildman–Crippen MR) is 47.6 cm³/mol. The third-order valence-corrected chi connectivity index (χ3v) is 2.04. The highest BCUT2D eigenvalue weighted by molar-refractivity contribution is 6.31. The summed E-state index contributed by atoms with van der Waals surface area (Å²) in [6, 6.07) is 6.61. The smallest absolute Gasteiger partial charge is 0.0878 e. The summed E-state index contributed by atoms with van der Waals surface area (Å²) < 4.78 is 0. The number of aromatic nitrogens is 1. The van der Waals surface area contributed by atoms with Crippen molar-refractivity contribution in [3.8, 4) is 0 Å². The van der Waals surface area contributed by atoms with Crippen LogP contribution in [0.4, 0.5) is 0 Å². The summed E-state index contributed by atoms with van der Waals surface area (Å²) in [6.45, 7) is 0. The average molecular weight is 195 g/mol. The van der Waals surface area contributed by atoms with E-state index in [0.717, 1.165) is 10.9 Å². The van der Waals surface area contributed by atoms with Crippen LogP contribution in [0.1, 0.15) is 10.5 Å². The molecule has 0 spiro atoms. The molecule has 4 heteroatoms. The summed E-state index contributed by atoms with van der Waals surface area (Å²) in [5, 5.41) is 11.8. The van der Waals surface area contributed by atoms with E-state index in [-0.39, 0.29) is 5.69 Å². The molecule has 2 rings (SSSR count). The third kappa shape index (κ3) is 1.38. The minimum absolute atomic E-state index is 0.0669. The Balaban J connectivity index is 2.68. The first-order valence-electron chi connectivity index (χ1n) is 3.66. The molecule has 0 bridgehead atoms. The highest BCUT2D eigenvalue weighted by Gasteiger charge is 2.00. The van der Waals surface area contributed by atoms with E-state index in [2.05, 4.69) is 4.98 Å². The maximum absolute atomic E-state index is 10.5. The maximum Gasteiger partial charge on any atom is 0.0878 e. The Labute approximate surface area is 78.9 Å². The SMILES string of the molecule is O=C([O-])c1cc2cc(Cl)ccc2[nH]1. The zero-order valence-corrected chi connectivity index (χ0v) is 7.26. The Bertz CT molecular complexity index is 475. The summed E-state index contributed by atoms with van der Waals surface area (Å²) in [4.78, 5) is 13.2. The van der Waals surface area contributed by atoms with Crippen molar-refractivity contribution in [3.05, 3.63) is 35.0 Å². The number of carbonyl (C=O) groups is 1. The van der Waals surface area contributed by atoms with Crippen molar-refractivity contribution in [2.45, 2.75) is 0 Å². The van der Waals surface area contributed by atoms with Gasteiger partial charge in [-0.05, 0) is 24.3 Å². The first kappa shape index (κ1) is 8.13. The molecule has 1 heterocycles. The minimum Gasteiger partial charge on any atom is -0.543 e. The molecule has 1 aromatic carbocycles. The molecule has 0 aliphatic rings. The predicted octanol–water partition coefficient (Wildman–Crippen LogP) is 1.18. The third-order valence-electron chi connectivity index (χ3n) is 1.80. The van der Waals surface area contributed by atoms with E-state index in [9.17, 15) is 9.90 Å². The molecule has 0 saturated heterocycles. The summed E-state index contributed by atoms with van der Waals surface area (Å²) in [5.41, 5.74) is 0.806. The number of fused-ring (bicyclic) bond motifs is 1. The number of rotatable bonds is 1. The van der Waals surface area contributed by atoms with E-state index >= 15 is 0 Å². The molecule has 0 aliphatic carbocycles. The van der Waals surface area contributed by atoms with Crippen molar-refractivity contribution in [1.82, 2.24) is 4.98 Å². The van der Waals surface area contributed by atoms with Crippen molar-refractivity contribution >= 4 is 28.5 Å². The molecule has 0 amide bonds. The van der Waals surface area contributed by atoms with Crippen LogP contribution < -0.4 is 5.11 Å². The van der Waals surface area contributed by atoms with Gasteiger partial charge in [-0.25, -0.2) is 0 Å². The highest BCUT2D eigenvalue weighted by Crippen LogP contribution is 2.19. The largest absolute Gasteiger partial charge is 0.543 e. The zero-order valence-electron chi connectivity index (χ0n) is 6.50. The van der Waals surface area contributed by atoms with Gasteiger partial charge >= 0.3 is 0 Å². The maximum atomic E-state index is 10.5. The number of carbonyl (C=O) groups excluding carboxylic acids is 1. The standard InChI is InChI=1S/C9H6ClNO2/c10-6-1-2-7-5(3-6)4-8(11-7)9(12)13/h1-4,11H,(H,12,13)/p-1. The van der Waals surface area contributed by atoms with Gasteiger partial charge in [0.15, 0.2) is 0 Å². The van der Waals surface area contributed by atoms with E-state index in [4.69, 9.17) is 11.6 Å². The number of halogens is 1. The second-order valence-electron chi connectivity index (χ2n) is 2.70. The van der Waals surface area contributed by atoms with Gasteiger partial charge in [-0.3, -0.25) is 0 Å². The molecule has 3 nitrogen and oxygen atoms in total. The average Bonchev–Trinajstić information content (AvgIpc) is 2.46. The summed E-state index contributed by atoms with van der Waals surface area (Å²) in [7, 11) is 0. The fourth-order valence-electron chi connectivity index (χ4n) is 1.21. The Morgan fingerprint density at radius 1 is 1.38 bits per heavy atom. The van der Waals surface area contributed by atoms with Crippen LogP contribution in [0.25, 0.3) is 10.9 Å². The first-order chi connectivity index (χ1) is 6.16. The van der Waals surface area contributed by atoms with Crippen LogP contribution in [0.2, 0.25) is 5.02 Å². The molecule has 0 atom stereocenters. The monoisotopic (exact) mass is 194 g/mol. The Kier molecular flexibility index (Phi) is 1.74. The van der Waals surface area contributed by atoms with E-state index in [1.165, 1.54) is 6.07 Å². The molecule has 1 N–H and O–H groups in total. The van der Waals surface area contributed by atoms with Crippen molar-refractivity contribution in [2.24, 2.45) is 0 Å². The second kappa shape index (κ2) is 2.78. The molecule has 0 radical (unpaired) electrons. The summed E-state index contributed by atoms with van der Waals surface area (Å²) >= 11 is 5.73. The normalized spacial score (nSPS) is 10.5. The Morgan fingerprint density at radius 3 is 2.85 bits per heavy atom. The summed E-state index contributed by atoms with van der Waals surface area (Å²) in [5.74, 6) is -1.22. The topological polar surface area (TPSA) is 55.9 Å². The number of aromatic amines is 1. The van der Waals surface area contributed by atoms with E-state index in [0.29, 0.717) is 5.02 Å². The number of hydrogen-bond donors (Lipinski definition) is 1. The van der Waals surface area contributed by atoms with Crippen LogP contribution in [0.3, 0.4) is 0 Å². The van der Waals surface area contributed by atoms with Gasteiger partial charge in [-0.15, -0.1) is 0 Å². The number of carboxylic acid groups (broad SMARTS) is 1. The van der Waals surface area contributed by atoms with Crippen LogP contribution in [-0.4, -0.2) is 11.0 Å². The van der Waals surface area contributed by atoms with E-state index < -0.39 is 5.97 Å². The van der Waals surface area contributed by atoms with Gasteiger partial charge in [-0.1, -0.05) is 11.6 Å². The molecule has 0 fully saturated rings. The van der Waals surface area contributed by atoms with E-state index in [1.807, 2.05) is 0 Å². The van der Waals surface area contributed by atoms with Gasteiger partial charge in [0.1, 0.15) is 0 Å². The number of aromatic carboxylic acids is 1. The molecule has 0 saturated carbocycles. The lowest BCUT2D eigenvalue weighted by Crippen LogP contribution is -2.22. The van der Waals surface area contributed by atoms with Crippen molar-refractivity contribution in [2.75, 3.05) is 0 Å². The molecule has 0 aliphatic heterocycles. The number of carboxylic acids is 1. The molecule has 66 valence electrons. The molecule has 1 aromatic heterocycles. The number of benzene rings is 1. The van der Waals surface area contributed by atoms with Gasteiger partial charge in [0.05, 0.1) is 11.7 Å². The van der Waals surface area contributed by atoms with Gasteiger partial charge in [0.25, 0.3) is 0 Å². The molecular weight excluding hydrogens is 190 g/mol.